The molecule has 32 heavy (non-hydrogen) atoms. The van der Waals surface area contributed by atoms with Crippen molar-refractivity contribution in [3.05, 3.63) is 101 Å². The molecule has 0 heterocycles. The van der Waals surface area contributed by atoms with Crippen LogP contribution in [0, 0.1) is 6.92 Å². The molecule has 0 saturated carbocycles. The number of hydrogen-bond donors (Lipinski definition) is 1. The van der Waals surface area contributed by atoms with Crippen LogP contribution in [0.25, 0.3) is 0 Å². The summed E-state index contributed by atoms with van der Waals surface area (Å²) in [5.74, 6) is -0.544. The predicted molar refractivity (Wildman–Crippen MR) is 127 cm³/mol. The number of benzene rings is 3. The highest BCUT2D eigenvalue weighted by atomic mass is 35.5. The van der Waals surface area contributed by atoms with Crippen molar-refractivity contribution in [2.45, 2.75) is 18.2 Å². The van der Waals surface area contributed by atoms with Crippen LogP contribution < -0.4 is 5.43 Å². The van der Waals surface area contributed by atoms with Crippen LogP contribution in [0.5, 0.6) is 0 Å². The lowest BCUT2D eigenvalue weighted by molar-refractivity contribution is -0.121. The highest BCUT2D eigenvalue weighted by molar-refractivity contribution is 7.89. The minimum Gasteiger partial charge on any atom is -0.272 e. The average molecular weight is 470 g/mol. The first kappa shape index (κ1) is 23.7. The fraction of sp³-hybridized carbons (Fsp3) is 0.167. The van der Waals surface area contributed by atoms with Gasteiger partial charge in [-0.05, 0) is 37.1 Å². The van der Waals surface area contributed by atoms with Crippen LogP contribution in [0.4, 0.5) is 0 Å². The van der Waals surface area contributed by atoms with Crippen LogP contribution in [0.3, 0.4) is 0 Å². The van der Waals surface area contributed by atoms with Gasteiger partial charge in [-0.1, -0.05) is 77.8 Å². The summed E-state index contributed by atoms with van der Waals surface area (Å²) in [4.78, 5) is 12.7. The van der Waals surface area contributed by atoms with E-state index in [1.807, 2.05) is 37.3 Å². The van der Waals surface area contributed by atoms with Gasteiger partial charge in [-0.15, -0.1) is 0 Å². The first-order chi connectivity index (χ1) is 15.4. The Labute approximate surface area is 193 Å². The lowest BCUT2D eigenvalue weighted by Crippen LogP contribution is -2.40. The molecule has 166 valence electrons. The number of aryl methyl sites for hydroxylation is 1. The molecule has 1 amide bonds. The Bertz CT molecular complexity index is 1180. The van der Waals surface area contributed by atoms with Crippen LogP contribution in [0.2, 0.25) is 5.02 Å². The molecule has 0 saturated heterocycles. The van der Waals surface area contributed by atoms with Crippen LogP contribution in [0.1, 0.15) is 16.7 Å². The van der Waals surface area contributed by atoms with Crippen molar-refractivity contribution < 1.29 is 13.2 Å². The molecule has 0 aliphatic rings. The van der Waals surface area contributed by atoms with E-state index < -0.39 is 15.9 Å². The van der Waals surface area contributed by atoms with E-state index in [9.17, 15) is 13.2 Å². The number of hydrogen-bond acceptors (Lipinski definition) is 4. The molecule has 0 radical (unpaired) electrons. The summed E-state index contributed by atoms with van der Waals surface area (Å²) in [6.07, 6.45) is 1.89. The van der Waals surface area contributed by atoms with Crippen LogP contribution in [-0.4, -0.2) is 37.9 Å². The topological polar surface area (TPSA) is 78.8 Å². The molecule has 6 nitrogen and oxygen atoms in total. The van der Waals surface area contributed by atoms with Gasteiger partial charge in [0.15, 0.2) is 0 Å². The van der Waals surface area contributed by atoms with Gasteiger partial charge in [-0.3, -0.25) is 4.79 Å². The summed E-state index contributed by atoms with van der Waals surface area (Å²) in [7, 11) is -3.87. The second-order valence-corrected chi connectivity index (χ2v) is 9.55. The molecule has 0 fully saturated rings. The smallest absolute Gasteiger partial charge is 0.255 e. The van der Waals surface area contributed by atoms with Gasteiger partial charge >= 0.3 is 0 Å². The molecule has 3 aromatic carbocycles. The number of nitrogens with one attached hydrogen (secondary N) is 1. The van der Waals surface area contributed by atoms with E-state index in [1.54, 1.807) is 48.5 Å². The molecule has 0 unspecified atom stereocenters. The highest BCUT2D eigenvalue weighted by Gasteiger charge is 2.26. The van der Waals surface area contributed by atoms with Crippen molar-refractivity contribution in [1.29, 1.82) is 0 Å². The summed E-state index contributed by atoms with van der Waals surface area (Å²) in [5, 5.41) is 4.41. The summed E-state index contributed by atoms with van der Waals surface area (Å²) in [5.41, 5.74) is 4.96. The molecule has 0 aliphatic heterocycles. The molecule has 3 aromatic rings. The zero-order valence-electron chi connectivity index (χ0n) is 17.6. The minimum absolute atomic E-state index is 0.142. The number of hydrazone groups is 1. The molecule has 0 aromatic heterocycles. The zero-order valence-corrected chi connectivity index (χ0v) is 19.2. The minimum atomic E-state index is -3.87. The summed E-state index contributed by atoms with van der Waals surface area (Å²) in [6, 6.07) is 23.1. The van der Waals surface area contributed by atoms with Gasteiger partial charge in [0.25, 0.3) is 5.91 Å². The molecule has 1 N–H and O–H groups in total. The van der Waals surface area contributed by atoms with Crippen LogP contribution in [0.15, 0.2) is 88.9 Å². The summed E-state index contributed by atoms with van der Waals surface area (Å²) >= 11 is 6.07. The first-order valence-electron chi connectivity index (χ1n) is 10.0. The van der Waals surface area contributed by atoms with Gasteiger partial charge in [0.2, 0.25) is 10.0 Å². The first-order valence-corrected chi connectivity index (χ1v) is 11.9. The van der Waals surface area contributed by atoms with E-state index in [0.29, 0.717) is 17.0 Å². The Morgan fingerprint density at radius 1 is 1.00 bits per heavy atom. The Hall–Kier alpha value is -3.00. The van der Waals surface area contributed by atoms with Gasteiger partial charge in [0, 0.05) is 17.1 Å². The van der Waals surface area contributed by atoms with Crippen LogP contribution >= 0.6 is 11.6 Å². The van der Waals surface area contributed by atoms with Gasteiger partial charge in [-0.25, -0.2) is 13.8 Å². The van der Waals surface area contributed by atoms with Crippen molar-refractivity contribution >= 4 is 33.7 Å². The Morgan fingerprint density at radius 3 is 2.34 bits per heavy atom. The van der Waals surface area contributed by atoms with Gasteiger partial charge in [0.05, 0.1) is 17.7 Å². The Morgan fingerprint density at radius 2 is 1.66 bits per heavy atom. The standard InChI is InChI=1S/C24H24ClN3O3S/c1-19-11-13-22(14-12-19)32(30,31)28(16-15-20-7-3-2-4-8-20)18-24(29)27-26-17-21-9-5-6-10-23(21)25/h2-14,17H,15-16,18H2,1H3,(H,27,29). The van der Waals surface area contributed by atoms with E-state index in [4.69, 9.17) is 11.6 Å². The molecular formula is C24H24ClN3O3S. The second kappa shape index (κ2) is 11.0. The normalized spacial score (nSPS) is 11.7. The fourth-order valence-corrected chi connectivity index (χ4v) is 4.57. The van der Waals surface area contributed by atoms with Gasteiger partial charge in [0.1, 0.15) is 0 Å². The van der Waals surface area contributed by atoms with E-state index in [-0.39, 0.29) is 18.0 Å². The highest BCUT2D eigenvalue weighted by Crippen LogP contribution is 2.17. The van der Waals surface area contributed by atoms with E-state index in [0.717, 1.165) is 11.1 Å². The maximum Gasteiger partial charge on any atom is 0.255 e. The largest absolute Gasteiger partial charge is 0.272 e. The fourth-order valence-electron chi connectivity index (χ4n) is 2.99. The van der Waals surface area contributed by atoms with Gasteiger partial charge < -0.3 is 0 Å². The summed E-state index contributed by atoms with van der Waals surface area (Å²) < 4.78 is 27.6. The van der Waals surface area contributed by atoms with Crippen molar-refractivity contribution in [2.24, 2.45) is 5.10 Å². The Balaban J connectivity index is 1.74. The van der Waals surface area contributed by atoms with E-state index in [2.05, 4.69) is 10.5 Å². The predicted octanol–water partition coefficient (Wildman–Crippen LogP) is 4.03. The van der Waals surface area contributed by atoms with Gasteiger partial charge in [-0.2, -0.15) is 9.41 Å². The molecule has 8 heteroatoms. The molecule has 0 bridgehead atoms. The molecule has 0 aliphatic carbocycles. The van der Waals surface area contributed by atoms with Crippen LogP contribution in [-0.2, 0) is 21.2 Å². The van der Waals surface area contributed by atoms with E-state index in [1.165, 1.54) is 10.5 Å². The second-order valence-electron chi connectivity index (χ2n) is 7.20. The molecular weight excluding hydrogens is 446 g/mol. The van der Waals surface area contributed by atoms with Crippen molar-refractivity contribution in [2.75, 3.05) is 13.1 Å². The third kappa shape index (κ3) is 6.50. The Kier molecular flexibility index (Phi) is 8.16. The number of halogens is 1. The number of amides is 1. The maximum atomic E-state index is 13.2. The number of nitrogens with zero attached hydrogens (tertiary/aromatic N) is 2. The summed E-state index contributed by atoms with van der Waals surface area (Å²) in [6.45, 7) is 1.68. The number of carbonyl (C=O) groups is 1. The maximum absolute atomic E-state index is 13.2. The lowest BCUT2D eigenvalue weighted by atomic mass is 10.1. The lowest BCUT2D eigenvalue weighted by Gasteiger charge is -2.21. The quantitative estimate of drug-likeness (QED) is 0.379. The SMILES string of the molecule is Cc1ccc(S(=O)(=O)N(CCc2ccccc2)CC(=O)NN=Cc2ccccc2Cl)cc1. The molecule has 0 atom stereocenters. The zero-order chi connectivity index (χ0) is 23.0. The third-order valence-corrected chi connectivity index (χ3v) is 6.97. The monoisotopic (exact) mass is 469 g/mol. The number of rotatable bonds is 9. The molecule has 3 rings (SSSR count). The number of carbonyl (C=O) groups excluding carboxylic acids is 1. The van der Waals surface area contributed by atoms with Crippen molar-refractivity contribution in [1.82, 2.24) is 9.73 Å². The van der Waals surface area contributed by atoms with E-state index >= 15 is 0 Å². The van der Waals surface area contributed by atoms with Crippen molar-refractivity contribution in [3.8, 4) is 0 Å². The average Bonchev–Trinajstić information content (AvgIpc) is 2.79. The molecule has 0 spiro atoms. The third-order valence-electron chi connectivity index (χ3n) is 4.77. The van der Waals surface area contributed by atoms with Crippen molar-refractivity contribution in [3.63, 3.8) is 0 Å². The number of sulfonamides is 1.